The van der Waals surface area contributed by atoms with Gasteiger partial charge in [0.05, 0.1) is 0 Å². The maximum absolute atomic E-state index is 8.96. The molecule has 0 amide bonds. The van der Waals surface area contributed by atoms with Crippen molar-refractivity contribution >= 4 is 23.2 Å². The van der Waals surface area contributed by atoms with E-state index in [1.807, 2.05) is 18.2 Å². The summed E-state index contributed by atoms with van der Waals surface area (Å²) in [4.78, 5) is 12.4. The van der Waals surface area contributed by atoms with Gasteiger partial charge in [-0.1, -0.05) is 29.3 Å². The first-order valence-corrected chi connectivity index (χ1v) is 7.68. The van der Waals surface area contributed by atoms with E-state index in [-0.39, 0.29) is 6.61 Å². The summed E-state index contributed by atoms with van der Waals surface area (Å²) >= 11 is 12.3. The van der Waals surface area contributed by atoms with E-state index in [1.165, 1.54) is 11.0 Å². The largest absolute Gasteiger partial charge is 0.388 e. The number of hydrogen-bond donors (Lipinski definition) is 1. The normalized spacial score (nSPS) is 10.9. The van der Waals surface area contributed by atoms with E-state index in [9.17, 15) is 0 Å². The maximum atomic E-state index is 8.96. The highest BCUT2D eigenvalue weighted by Gasteiger charge is 2.07. The van der Waals surface area contributed by atoms with E-state index < -0.39 is 0 Å². The molecule has 118 valence electrons. The van der Waals surface area contributed by atoms with Crippen molar-refractivity contribution in [1.29, 1.82) is 0 Å². The van der Waals surface area contributed by atoms with Crippen LogP contribution in [0.4, 0.5) is 0 Å². The standard InChI is InChI=1S/C15H13Cl2N5O/c16-12-2-1-3-13(17)11(12)5-4-10-6-18-15(19-7-10)22-9-20-14(8-23)21-22/h1-3,6-7,9,23H,4-5,8H2. The highest BCUT2D eigenvalue weighted by atomic mass is 35.5. The second kappa shape index (κ2) is 7.04. The summed E-state index contributed by atoms with van der Waals surface area (Å²) in [5.41, 5.74) is 1.89. The summed E-state index contributed by atoms with van der Waals surface area (Å²) in [5.74, 6) is 0.725. The number of aliphatic hydroxyl groups is 1. The van der Waals surface area contributed by atoms with E-state index >= 15 is 0 Å². The Morgan fingerprint density at radius 3 is 2.30 bits per heavy atom. The Kier molecular flexibility index (Phi) is 4.85. The number of hydrogen-bond acceptors (Lipinski definition) is 5. The van der Waals surface area contributed by atoms with Crippen LogP contribution < -0.4 is 0 Å². The third kappa shape index (κ3) is 3.67. The zero-order valence-corrected chi connectivity index (χ0v) is 13.5. The first-order valence-electron chi connectivity index (χ1n) is 6.93. The van der Waals surface area contributed by atoms with Gasteiger partial charge in [-0.05, 0) is 36.1 Å². The maximum Gasteiger partial charge on any atom is 0.251 e. The molecular formula is C15H13Cl2N5O. The third-order valence-electron chi connectivity index (χ3n) is 3.30. The summed E-state index contributed by atoms with van der Waals surface area (Å²) in [6, 6.07) is 5.47. The van der Waals surface area contributed by atoms with Gasteiger partial charge in [0.1, 0.15) is 12.9 Å². The lowest BCUT2D eigenvalue weighted by atomic mass is 10.1. The number of rotatable bonds is 5. The van der Waals surface area contributed by atoms with E-state index in [0.717, 1.165) is 17.5 Å². The first-order chi connectivity index (χ1) is 11.2. The van der Waals surface area contributed by atoms with Crippen LogP contribution in [-0.4, -0.2) is 29.8 Å². The van der Waals surface area contributed by atoms with Crippen molar-refractivity contribution in [3.63, 3.8) is 0 Å². The van der Waals surface area contributed by atoms with Crippen LogP contribution in [-0.2, 0) is 19.4 Å². The molecule has 6 nitrogen and oxygen atoms in total. The molecule has 0 aliphatic rings. The Hall–Kier alpha value is -2.02. The van der Waals surface area contributed by atoms with Crippen LogP contribution >= 0.6 is 23.2 Å². The van der Waals surface area contributed by atoms with Gasteiger partial charge in [-0.2, -0.15) is 4.68 Å². The Bertz CT molecular complexity index is 784. The molecule has 3 aromatic rings. The van der Waals surface area contributed by atoms with Crippen molar-refractivity contribution in [2.75, 3.05) is 0 Å². The second-order valence-electron chi connectivity index (χ2n) is 4.86. The monoisotopic (exact) mass is 349 g/mol. The molecule has 0 bridgehead atoms. The van der Waals surface area contributed by atoms with Gasteiger partial charge in [0.15, 0.2) is 5.82 Å². The lowest BCUT2D eigenvalue weighted by Gasteiger charge is -2.07. The number of aryl methyl sites for hydroxylation is 1. The molecular weight excluding hydrogens is 337 g/mol. The average Bonchev–Trinajstić information content (AvgIpc) is 3.04. The van der Waals surface area contributed by atoms with Crippen molar-refractivity contribution in [2.45, 2.75) is 19.4 Å². The molecule has 23 heavy (non-hydrogen) atoms. The topological polar surface area (TPSA) is 76.7 Å². The molecule has 1 N–H and O–H groups in total. The van der Waals surface area contributed by atoms with Gasteiger partial charge in [0, 0.05) is 22.4 Å². The summed E-state index contributed by atoms with van der Waals surface area (Å²) in [6.07, 6.45) is 6.35. The lowest BCUT2D eigenvalue weighted by Crippen LogP contribution is -2.03. The van der Waals surface area contributed by atoms with E-state index in [2.05, 4.69) is 20.1 Å². The quantitative estimate of drug-likeness (QED) is 0.766. The van der Waals surface area contributed by atoms with Gasteiger partial charge in [0.25, 0.3) is 5.95 Å². The minimum atomic E-state index is -0.219. The first kappa shape index (κ1) is 15.9. The van der Waals surface area contributed by atoms with Crippen LogP contribution in [0.2, 0.25) is 10.0 Å². The number of aromatic nitrogens is 5. The highest BCUT2D eigenvalue weighted by Crippen LogP contribution is 2.25. The molecule has 0 spiro atoms. The van der Waals surface area contributed by atoms with Crippen molar-refractivity contribution in [3.05, 3.63) is 63.9 Å². The third-order valence-corrected chi connectivity index (χ3v) is 4.01. The van der Waals surface area contributed by atoms with Crippen molar-refractivity contribution in [3.8, 4) is 5.95 Å². The average molecular weight is 350 g/mol. The fraction of sp³-hybridized carbons (Fsp3) is 0.200. The Morgan fingerprint density at radius 1 is 1.00 bits per heavy atom. The molecule has 0 fully saturated rings. The van der Waals surface area contributed by atoms with Gasteiger partial charge in [-0.3, -0.25) is 0 Å². The predicted molar refractivity (Wildman–Crippen MR) is 86.7 cm³/mol. The lowest BCUT2D eigenvalue weighted by molar-refractivity contribution is 0.271. The second-order valence-corrected chi connectivity index (χ2v) is 5.67. The summed E-state index contributed by atoms with van der Waals surface area (Å²) in [6.45, 7) is -0.219. The van der Waals surface area contributed by atoms with Gasteiger partial charge in [0.2, 0.25) is 0 Å². The van der Waals surface area contributed by atoms with Crippen LogP contribution in [0.3, 0.4) is 0 Å². The molecule has 0 atom stereocenters. The van der Waals surface area contributed by atoms with Crippen LogP contribution in [0.25, 0.3) is 5.95 Å². The molecule has 0 radical (unpaired) electrons. The summed E-state index contributed by atoms with van der Waals surface area (Å²) in [7, 11) is 0. The zero-order chi connectivity index (χ0) is 16.2. The van der Waals surface area contributed by atoms with Crippen LogP contribution in [0, 0.1) is 0 Å². The number of aliphatic hydroxyl groups excluding tert-OH is 1. The molecule has 8 heteroatoms. The van der Waals surface area contributed by atoms with Crippen molar-refractivity contribution in [2.24, 2.45) is 0 Å². The molecule has 2 aromatic heterocycles. The van der Waals surface area contributed by atoms with E-state index in [4.69, 9.17) is 28.3 Å². The Labute approximate surface area is 142 Å². The van der Waals surface area contributed by atoms with Crippen molar-refractivity contribution in [1.82, 2.24) is 24.7 Å². The Balaban J connectivity index is 1.70. The highest BCUT2D eigenvalue weighted by molar-refractivity contribution is 6.35. The number of halogens is 2. The summed E-state index contributed by atoms with van der Waals surface area (Å²) in [5, 5.41) is 14.3. The molecule has 1 aromatic carbocycles. The fourth-order valence-electron chi connectivity index (χ4n) is 2.10. The predicted octanol–water partition coefficient (Wildman–Crippen LogP) is 2.64. The Morgan fingerprint density at radius 2 is 1.70 bits per heavy atom. The van der Waals surface area contributed by atoms with Crippen LogP contribution in [0.15, 0.2) is 36.9 Å². The minimum absolute atomic E-state index is 0.219. The fourth-order valence-corrected chi connectivity index (χ4v) is 2.69. The van der Waals surface area contributed by atoms with Gasteiger partial charge in [-0.15, -0.1) is 5.10 Å². The molecule has 2 heterocycles. The SMILES string of the molecule is OCc1ncn(-c2ncc(CCc3c(Cl)cccc3Cl)cn2)n1. The molecule has 0 aliphatic carbocycles. The minimum Gasteiger partial charge on any atom is -0.388 e. The molecule has 0 unspecified atom stereocenters. The van der Waals surface area contributed by atoms with Crippen LogP contribution in [0.5, 0.6) is 0 Å². The summed E-state index contributed by atoms with van der Waals surface area (Å²) < 4.78 is 1.42. The van der Waals surface area contributed by atoms with E-state index in [0.29, 0.717) is 28.2 Å². The molecule has 0 aliphatic heterocycles. The van der Waals surface area contributed by atoms with Gasteiger partial charge >= 0.3 is 0 Å². The number of benzene rings is 1. The van der Waals surface area contributed by atoms with Gasteiger partial charge in [-0.25, -0.2) is 15.0 Å². The molecule has 0 saturated carbocycles. The van der Waals surface area contributed by atoms with E-state index in [1.54, 1.807) is 12.4 Å². The smallest absolute Gasteiger partial charge is 0.251 e. The number of nitrogens with zero attached hydrogens (tertiary/aromatic N) is 5. The van der Waals surface area contributed by atoms with Crippen molar-refractivity contribution < 1.29 is 5.11 Å². The molecule has 0 saturated heterocycles. The van der Waals surface area contributed by atoms with Gasteiger partial charge < -0.3 is 5.11 Å². The molecule has 3 rings (SSSR count). The zero-order valence-electron chi connectivity index (χ0n) is 12.0. The van der Waals surface area contributed by atoms with Crippen LogP contribution in [0.1, 0.15) is 17.0 Å².